The first-order valence-electron chi connectivity index (χ1n) is 7.60. The van der Waals surface area contributed by atoms with E-state index in [2.05, 4.69) is 15.5 Å². The maximum Gasteiger partial charge on any atom is 0.225 e. The molecule has 1 amide bonds. The molecule has 2 rings (SSSR count). The Hall–Kier alpha value is -1.46. The lowest BCUT2D eigenvalue weighted by Gasteiger charge is -2.32. The molecule has 0 radical (unpaired) electrons. The highest BCUT2D eigenvalue weighted by atomic mass is 19.1. The summed E-state index contributed by atoms with van der Waals surface area (Å²) >= 11 is 0. The lowest BCUT2D eigenvalue weighted by molar-refractivity contribution is -0.116. The normalized spacial score (nSPS) is 19.4. The second kappa shape index (κ2) is 8.10. The Kier molecular flexibility index (Phi) is 6.14. The molecule has 21 heavy (non-hydrogen) atoms. The summed E-state index contributed by atoms with van der Waals surface area (Å²) in [4.78, 5) is 14.2. The van der Waals surface area contributed by atoms with Crippen LogP contribution in [0.15, 0.2) is 24.3 Å². The lowest BCUT2D eigenvalue weighted by atomic mass is 9.98. The Labute approximate surface area is 125 Å². The van der Waals surface area contributed by atoms with Crippen molar-refractivity contribution < 1.29 is 9.18 Å². The summed E-state index contributed by atoms with van der Waals surface area (Å²) in [5.74, 6) is 0.145. The molecule has 2 N–H and O–H groups in total. The predicted octanol–water partition coefficient (Wildman–Crippen LogP) is 2.09. The first kappa shape index (κ1) is 15.9. The molecule has 1 aliphatic rings. The number of carbonyl (C=O) groups is 1. The fourth-order valence-electron chi connectivity index (χ4n) is 2.84. The molecule has 4 nitrogen and oxygen atoms in total. The van der Waals surface area contributed by atoms with Crippen molar-refractivity contribution in [3.05, 3.63) is 30.1 Å². The van der Waals surface area contributed by atoms with Crippen molar-refractivity contribution in [1.82, 2.24) is 10.2 Å². The molecular weight excluding hydrogens is 269 g/mol. The standard InChI is InChI=1S/C16H24FN3O/c1-18-11-13-5-4-9-20(12-13)10-8-16(21)19-15-7-3-2-6-14(15)17/h2-3,6-7,13,18H,4-5,8-12H2,1H3,(H,19,21). The first-order valence-corrected chi connectivity index (χ1v) is 7.60. The number of nitrogens with one attached hydrogen (secondary N) is 2. The maximum atomic E-state index is 13.4. The lowest BCUT2D eigenvalue weighted by Crippen LogP contribution is -2.40. The number of hydrogen-bond donors (Lipinski definition) is 2. The zero-order chi connectivity index (χ0) is 15.1. The van der Waals surface area contributed by atoms with Crippen molar-refractivity contribution in [2.45, 2.75) is 19.3 Å². The van der Waals surface area contributed by atoms with E-state index in [0.717, 1.165) is 26.2 Å². The fraction of sp³-hybridized carbons (Fsp3) is 0.562. The molecular formula is C16H24FN3O. The number of para-hydroxylation sites is 1. The van der Waals surface area contributed by atoms with E-state index in [4.69, 9.17) is 0 Å². The fourth-order valence-corrected chi connectivity index (χ4v) is 2.84. The van der Waals surface area contributed by atoms with E-state index >= 15 is 0 Å². The van der Waals surface area contributed by atoms with E-state index in [1.54, 1.807) is 18.2 Å². The molecule has 0 aliphatic carbocycles. The summed E-state index contributed by atoms with van der Waals surface area (Å²) in [6.45, 7) is 3.85. The van der Waals surface area contributed by atoms with Gasteiger partial charge in [-0.3, -0.25) is 4.79 Å². The molecule has 0 spiro atoms. The molecule has 1 heterocycles. The molecule has 116 valence electrons. The third kappa shape index (κ3) is 5.10. The number of benzene rings is 1. The highest BCUT2D eigenvalue weighted by Crippen LogP contribution is 2.16. The van der Waals surface area contributed by atoms with Gasteiger partial charge in [0.1, 0.15) is 5.82 Å². The van der Waals surface area contributed by atoms with E-state index in [0.29, 0.717) is 12.3 Å². The third-order valence-corrected chi connectivity index (χ3v) is 3.90. The number of hydrogen-bond acceptors (Lipinski definition) is 3. The van der Waals surface area contributed by atoms with Gasteiger partial charge < -0.3 is 15.5 Å². The number of anilines is 1. The van der Waals surface area contributed by atoms with Crippen molar-refractivity contribution in [1.29, 1.82) is 0 Å². The van der Waals surface area contributed by atoms with Gasteiger partial charge in [0.25, 0.3) is 0 Å². The van der Waals surface area contributed by atoms with Gasteiger partial charge in [-0.05, 0) is 51.0 Å². The van der Waals surface area contributed by atoms with E-state index in [1.165, 1.54) is 18.9 Å². The van der Waals surface area contributed by atoms with Crippen molar-refractivity contribution in [2.75, 3.05) is 38.5 Å². The monoisotopic (exact) mass is 293 g/mol. The second-order valence-electron chi connectivity index (χ2n) is 5.64. The Balaban J connectivity index is 1.75. The Bertz CT molecular complexity index is 465. The number of halogens is 1. The summed E-state index contributed by atoms with van der Waals surface area (Å²) in [5, 5.41) is 5.85. The average Bonchev–Trinajstić information content (AvgIpc) is 2.48. The summed E-state index contributed by atoms with van der Waals surface area (Å²) in [6, 6.07) is 6.26. The Morgan fingerprint density at radius 1 is 1.43 bits per heavy atom. The minimum Gasteiger partial charge on any atom is -0.324 e. The van der Waals surface area contributed by atoms with Crippen molar-refractivity contribution in [3.63, 3.8) is 0 Å². The molecule has 1 atom stereocenters. The van der Waals surface area contributed by atoms with Crippen LogP contribution < -0.4 is 10.6 Å². The zero-order valence-corrected chi connectivity index (χ0v) is 12.6. The SMILES string of the molecule is CNCC1CCCN(CCC(=O)Nc2ccccc2F)C1. The second-order valence-corrected chi connectivity index (χ2v) is 5.64. The van der Waals surface area contributed by atoms with Gasteiger partial charge in [0, 0.05) is 19.5 Å². The smallest absolute Gasteiger partial charge is 0.225 e. The summed E-state index contributed by atoms with van der Waals surface area (Å²) in [7, 11) is 1.97. The largest absolute Gasteiger partial charge is 0.324 e. The quantitative estimate of drug-likeness (QED) is 0.844. The van der Waals surface area contributed by atoms with Crippen molar-refractivity contribution in [3.8, 4) is 0 Å². The van der Waals surface area contributed by atoms with Gasteiger partial charge in [-0.15, -0.1) is 0 Å². The number of amides is 1. The van der Waals surface area contributed by atoms with Crippen LogP contribution in [0.4, 0.5) is 10.1 Å². The van der Waals surface area contributed by atoms with Gasteiger partial charge in [0.05, 0.1) is 5.69 Å². The zero-order valence-electron chi connectivity index (χ0n) is 12.6. The van der Waals surface area contributed by atoms with Gasteiger partial charge in [-0.1, -0.05) is 12.1 Å². The van der Waals surface area contributed by atoms with Gasteiger partial charge in [-0.25, -0.2) is 4.39 Å². The molecule has 1 aromatic rings. The minimum atomic E-state index is -0.391. The molecule has 1 aromatic carbocycles. The number of rotatable bonds is 6. The van der Waals surface area contributed by atoms with Crippen molar-refractivity contribution in [2.24, 2.45) is 5.92 Å². The molecule has 1 fully saturated rings. The molecule has 1 unspecified atom stereocenters. The molecule has 0 aromatic heterocycles. The summed E-state index contributed by atoms with van der Waals surface area (Å²) in [6.07, 6.45) is 2.83. The molecule has 0 saturated carbocycles. The summed E-state index contributed by atoms with van der Waals surface area (Å²) in [5.41, 5.74) is 0.259. The molecule has 1 aliphatic heterocycles. The topological polar surface area (TPSA) is 44.4 Å². The molecule has 1 saturated heterocycles. The van der Waals surface area contributed by atoms with Gasteiger partial charge in [0.15, 0.2) is 0 Å². The van der Waals surface area contributed by atoms with E-state index in [9.17, 15) is 9.18 Å². The van der Waals surface area contributed by atoms with E-state index in [-0.39, 0.29) is 11.6 Å². The number of nitrogens with zero attached hydrogens (tertiary/aromatic N) is 1. The minimum absolute atomic E-state index is 0.129. The molecule has 0 bridgehead atoms. The Morgan fingerprint density at radius 2 is 2.24 bits per heavy atom. The molecule has 5 heteroatoms. The maximum absolute atomic E-state index is 13.4. The Morgan fingerprint density at radius 3 is 3.00 bits per heavy atom. The van der Waals surface area contributed by atoms with Crippen LogP contribution in [-0.2, 0) is 4.79 Å². The van der Waals surface area contributed by atoms with E-state index in [1.807, 2.05) is 7.05 Å². The van der Waals surface area contributed by atoms with Crippen LogP contribution in [-0.4, -0.2) is 44.0 Å². The van der Waals surface area contributed by atoms with Crippen molar-refractivity contribution >= 4 is 11.6 Å². The van der Waals surface area contributed by atoms with Crippen LogP contribution in [0.3, 0.4) is 0 Å². The van der Waals surface area contributed by atoms with Gasteiger partial charge >= 0.3 is 0 Å². The van der Waals surface area contributed by atoms with Crippen LogP contribution >= 0.6 is 0 Å². The number of carbonyl (C=O) groups excluding carboxylic acids is 1. The highest BCUT2D eigenvalue weighted by Gasteiger charge is 2.19. The van der Waals surface area contributed by atoms with Crippen LogP contribution in [0.1, 0.15) is 19.3 Å². The van der Waals surface area contributed by atoms with E-state index < -0.39 is 5.82 Å². The van der Waals surface area contributed by atoms with Crippen LogP contribution in [0.25, 0.3) is 0 Å². The number of piperidine rings is 1. The predicted molar refractivity (Wildman–Crippen MR) is 82.7 cm³/mol. The van der Waals surface area contributed by atoms with Gasteiger partial charge in [-0.2, -0.15) is 0 Å². The van der Waals surface area contributed by atoms with Gasteiger partial charge in [0.2, 0.25) is 5.91 Å². The highest BCUT2D eigenvalue weighted by molar-refractivity contribution is 5.90. The van der Waals surface area contributed by atoms with Crippen LogP contribution in [0.5, 0.6) is 0 Å². The summed E-state index contributed by atoms with van der Waals surface area (Å²) < 4.78 is 13.4. The first-order chi connectivity index (χ1) is 10.2. The van der Waals surface area contributed by atoms with Crippen LogP contribution in [0, 0.1) is 11.7 Å². The van der Waals surface area contributed by atoms with Crippen LogP contribution in [0.2, 0.25) is 0 Å². The third-order valence-electron chi connectivity index (χ3n) is 3.90. The number of likely N-dealkylation sites (tertiary alicyclic amines) is 1. The average molecular weight is 293 g/mol.